The van der Waals surface area contributed by atoms with Crippen LogP contribution in [-0.2, 0) is 0 Å². The summed E-state index contributed by atoms with van der Waals surface area (Å²) in [6, 6.07) is 0.856. The largest absolute Gasteiger partial charge is 0.313 e. The van der Waals surface area contributed by atoms with Gasteiger partial charge in [0.15, 0.2) is 0 Å². The number of fused-ring (bicyclic) bond motifs is 1. The molecule has 2 aliphatic rings. The summed E-state index contributed by atoms with van der Waals surface area (Å²) in [5, 5.41) is 3.56. The summed E-state index contributed by atoms with van der Waals surface area (Å²) in [5.74, 6) is 2.98. The fraction of sp³-hybridized carbons (Fsp3) is 1.00. The number of hydrogen-bond donors (Lipinski definition) is 1. The molecule has 3 atom stereocenters. The summed E-state index contributed by atoms with van der Waals surface area (Å²) in [7, 11) is 0. The van der Waals surface area contributed by atoms with Crippen molar-refractivity contribution in [3.63, 3.8) is 0 Å². The molecule has 0 aromatic carbocycles. The molecule has 2 fully saturated rings. The van der Waals surface area contributed by atoms with Gasteiger partial charge in [-0.2, -0.15) is 0 Å². The first-order valence-corrected chi connectivity index (χ1v) is 4.02. The van der Waals surface area contributed by atoms with E-state index >= 15 is 0 Å². The average Bonchev–Trinajstić information content (AvgIpc) is 2.43. The van der Waals surface area contributed by atoms with Crippen LogP contribution in [0.4, 0.5) is 0 Å². The van der Waals surface area contributed by atoms with Crippen LogP contribution >= 0.6 is 0 Å². The summed E-state index contributed by atoms with van der Waals surface area (Å²) in [5.41, 5.74) is 0. The standard InChI is InChI=1S/C8H15N/c1-5(2)8-7-3-6(7)4-9-8/h5-9H,3-4H2,1-2H3/t6-,7-,8+/m0/s1. The molecule has 1 aliphatic heterocycles. The summed E-state index contributed by atoms with van der Waals surface area (Å²) in [6.07, 6.45) is 1.51. The SMILES string of the molecule is CC(C)[C@H]1NC[C@@H]2C[C@@H]21. The first-order chi connectivity index (χ1) is 4.29. The van der Waals surface area contributed by atoms with Crippen LogP contribution in [0.15, 0.2) is 0 Å². The van der Waals surface area contributed by atoms with Gasteiger partial charge in [-0.15, -0.1) is 0 Å². The molecule has 1 aliphatic carbocycles. The van der Waals surface area contributed by atoms with Gasteiger partial charge in [0.25, 0.3) is 0 Å². The average molecular weight is 125 g/mol. The minimum Gasteiger partial charge on any atom is -0.313 e. The Hall–Kier alpha value is -0.0400. The van der Waals surface area contributed by atoms with Crippen LogP contribution in [0.3, 0.4) is 0 Å². The minimum absolute atomic E-state index is 0.850. The third kappa shape index (κ3) is 0.787. The van der Waals surface area contributed by atoms with Crippen LogP contribution in [0, 0.1) is 17.8 Å². The maximum absolute atomic E-state index is 3.56. The summed E-state index contributed by atoms with van der Waals surface area (Å²) in [4.78, 5) is 0. The van der Waals surface area contributed by atoms with Gasteiger partial charge in [0.1, 0.15) is 0 Å². The zero-order chi connectivity index (χ0) is 6.43. The molecule has 9 heavy (non-hydrogen) atoms. The number of piperidine rings is 1. The van der Waals surface area contributed by atoms with Gasteiger partial charge >= 0.3 is 0 Å². The second-order valence-electron chi connectivity index (χ2n) is 3.84. The van der Waals surface area contributed by atoms with Crippen molar-refractivity contribution in [3.05, 3.63) is 0 Å². The topological polar surface area (TPSA) is 12.0 Å². The molecular weight excluding hydrogens is 110 g/mol. The fourth-order valence-electron chi connectivity index (χ4n) is 2.11. The predicted molar refractivity (Wildman–Crippen MR) is 38.2 cm³/mol. The number of nitrogens with one attached hydrogen (secondary N) is 1. The highest BCUT2D eigenvalue weighted by atomic mass is 15.0. The lowest BCUT2D eigenvalue weighted by atomic mass is 10.0. The van der Waals surface area contributed by atoms with Gasteiger partial charge < -0.3 is 5.32 Å². The van der Waals surface area contributed by atoms with Crippen molar-refractivity contribution in [3.8, 4) is 0 Å². The smallest absolute Gasteiger partial charge is 0.0122 e. The number of rotatable bonds is 1. The molecule has 52 valence electrons. The van der Waals surface area contributed by atoms with E-state index in [1.807, 2.05) is 0 Å². The molecule has 1 saturated carbocycles. The Kier molecular flexibility index (Phi) is 1.10. The molecule has 0 aromatic heterocycles. The Morgan fingerprint density at radius 3 is 2.44 bits per heavy atom. The maximum Gasteiger partial charge on any atom is 0.0122 e. The molecule has 1 saturated heterocycles. The molecule has 0 aromatic rings. The van der Waals surface area contributed by atoms with Crippen LogP contribution < -0.4 is 5.32 Å². The highest BCUT2D eigenvalue weighted by Gasteiger charge is 2.48. The van der Waals surface area contributed by atoms with Gasteiger partial charge in [-0.25, -0.2) is 0 Å². The zero-order valence-electron chi connectivity index (χ0n) is 6.22. The normalized spacial score (nSPS) is 47.7. The Morgan fingerprint density at radius 1 is 1.44 bits per heavy atom. The number of hydrogen-bond acceptors (Lipinski definition) is 1. The molecule has 1 N–H and O–H groups in total. The Morgan fingerprint density at radius 2 is 2.22 bits per heavy atom. The van der Waals surface area contributed by atoms with Crippen LogP contribution in [0.25, 0.3) is 0 Å². The second kappa shape index (κ2) is 1.72. The molecule has 0 amide bonds. The molecule has 2 rings (SSSR count). The van der Waals surface area contributed by atoms with Crippen LogP contribution in [-0.4, -0.2) is 12.6 Å². The lowest BCUT2D eigenvalue weighted by Gasteiger charge is -2.16. The van der Waals surface area contributed by atoms with Crippen molar-refractivity contribution in [2.24, 2.45) is 17.8 Å². The van der Waals surface area contributed by atoms with Crippen LogP contribution in [0.1, 0.15) is 20.3 Å². The molecule has 1 nitrogen and oxygen atoms in total. The highest BCUT2D eigenvalue weighted by Crippen LogP contribution is 2.46. The predicted octanol–water partition coefficient (Wildman–Crippen LogP) is 1.25. The molecule has 0 bridgehead atoms. The van der Waals surface area contributed by atoms with E-state index in [1.54, 1.807) is 0 Å². The van der Waals surface area contributed by atoms with E-state index in [2.05, 4.69) is 19.2 Å². The van der Waals surface area contributed by atoms with E-state index in [4.69, 9.17) is 0 Å². The lowest BCUT2D eigenvalue weighted by molar-refractivity contribution is 0.408. The minimum atomic E-state index is 0.850. The van der Waals surface area contributed by atoms with Gasteiger partial charge in [0.2, 0.25) is 0 Å². The van der Waals surface area contributed by atoms with Crippen LogP contribution in [0.2, 0.25) is 0 Å². The molecule has 0 spiro atoms. The van der Waals surface area contributed by atoms with Crippen molar-refractivity contribution >= 4 is 0 Å². The molecule has 1 heteroatoms. The van der Waals surface area contributed by atoms with E-state index in [0.717, 1.165) is 23.8 Å². The third-order valence-corrected chi connectivity index (χ3v) is 2.77. The van der Waals surface area contributed by atoms with Crippen molar-refractivity contribution in [2.45, 2.75) is 26.3 Å². The van der Waals surface area contributed by atoms with E-state index in [-0.39, 0.29) is 0 Å². The van der Waals surface area contributed by atoms with E-state index in [9.17, 15) is 0 Å². The Balaban J connectivity index is 1.98. The molecule has 0 unspecified atom stereocenters. The molecule has 0 radical (unpaired) electrons. The Bertz CT molecular complexity index is 120. The summed E-state index contributed by atoms with van der Waals surface area (Å²) < 4.78 is 0. The maximum atomic E-state index is 3.56. The van der Waals surface area contributed by atoms with Crippen LogP contribution in [0.5, 0.6) is 0 Å². The van der Waals surface area contributed by atoms with E-state index in [1.165, 1.54) is 13.0 Å². The summed E-state index contributed by atoms with van der Waals surface area (Å²) >= 11 is 0. The second-order valence-corrected chi connectivity index (χ2v) is 3.84. The quantitative estimate of drug-likeness (QED) is 0.556. The van der Waals surface area contributed by atoms with Gasteiger partial charge in [-0.05, 0) is 30.7 Å². The fourth-order valence-corrected chi connectivity index (χ4v) is 2.11. The lowest BCUT2D eigenvalue weighted by Crippen LogP contribution is -2.31. The van der Waals surface area contributed by atoms with Crippen molar-refractivity contribution in [1.29, 1.82) is 0 Å². The summed E-state index contributed by atoms with van der Waals surface area (Å²) in [6.45, 7) is 5.93. The first-order valence-electron chi connectivity index (χ1n) is 4.02. The van der Waals surface area contributed by atoms with E-state index in [0.29, 0.717) is 0 Å². The third-order valence-electron chi connectivity index (χ3n) is 2.77. The van der Waals surface area contributed by atoms with Crippen molar-refractivity contribution < 1.29 is 0 Å². The van der Waals surface area contributed by atoms with Crippen molar-refractivity contribution in [1.82, 2.24) is 5.32 Å². The molecule has 1 heterocycles. The first kappa shape index (κ1) is 5.72. The van der Waals surface area contributed by atoms with Gasteiger partial charge in [0, 0.05) is 6.04 Å². The van der Waals surface area contributed by atoms with Gasteiger partial charge in [-0.3, -0.25) is 0 Å². The van der Waals surface area contributed by atoms with Gasteiger partial charge in [-0.1, -0.05) is 13.8 Å². The van der Waals surface area contributed by atoms with Crippen molar-refractivity contribution in [2.75, 3.05) is 6.54 Å². The Labute approximate surface area is 56.8 Å². The highest BCUT2D eigenvalue weighted by molar-refractivity contribution is 5.03. The van der Waals surface area contributed by atoms with Gasteiger partial charge in [0.05, 0.1) is 0 Å². The molecular formula is C8H15N. The van der Waals surface area contributed by atoms with E-state index < -0.39 is 0 Å². The zero-order valence-corrected chi connectivity index (χ0v) is 6.22. The monoisotopic (exact) mass is 125 g/mol.